The quantitative estimate of drug-likeness (QED) is 0.788. The Bertz CT molecular complexity index is 758. The predicted molar refractivity (Wildman–Crippen MR) is 111 cm³/mol. The summed E-state index contributed by atoms with van der Waals surface area (Å²) in [7, 11) is 0. The van der Waals surface area contributed by atoms with E-state index in [0.717, 1.165) is 25.7 Å². The van der Waals surface area contributed by atoms with Gasteiger partial charge in [0.05, 0.1) is 12.1 Å². The molecule has 1 atom stereocenters. The minimum Gasteiger partial charge on any atom is -0.444 e. The van der Waals surface area contributed by atoms with E-state index in [1.54, 1.807) is 4.90 Å². The van der Waals surface area contributed by atoms with E-state index in [-0.39, 0.29) is 24.3 Å². The summed E-state index contributed by atoms with van der Waals surface area (Å²) in [5.74, 6) is 0.104. The van der Waals surface area contributed by atoms with Crippen LogP contribution in [0.15, 0.2) is 5.38 Å². The highest BCUT2D eigenvalue weighted by atomic mass is 32.1. The first kappa shape index (κ1) is 21.5. The number of hydrogen-bond donors (Lipinski definition) is 1. The summed E-state index contributed by atoms with van der Waals surface area (Å²) < 4.78 is 5.29. The average Bonchev–Trinajstić information content (AvgIpc) is 3.27. The summed E-state index contributed by atoms with van der Waals surface area (Å²) >= 11 is 1.41. The molecule has 1 unspecified atom stereocenters. The molecule has 160 valence electrons. The van der Waals surface area contributed by atoms with E-state index in [1.807, 2.05) is 31.1 Å². The summed E-state index contributed by atoms with van der Waals surface area (Å²) in [6.07, 6.45) is 4.01. The molecule has 0 spiro atoms. The number of rotatable bonds is 5. The molecule has 2 saturated heterocycles. The molecule has 0 saturated carbocycles. The van der Waals surface area contributed by atoms with Gasteiger partial charge < -0.3 is 15.0 Å². The smallest absolute Gasteiger partial charge is 0.407 e. The maximum absolute atomic E-state index is 12.9. The SMILES string of the molecule is CC(C)(C)OC(=O)NCC1CCCCN1C(=O)Cc1csc(N2CCCC2=O)n1. The number of hydrogen-bond acceptors (Lipinski definition) is 6. The molecule has 1 aromatic rings. The molecule has 2 fully saturated rings. The van der Waals surface area contributed by atoms with Crippen molar-refractivity contribution in [3.05, 3.63) is 11.1 Å². The fourth-order valence-electron chi connectivity index (χ4n) is 3.66. The number of thiazole rings is 1. The molecular weight excluding hydrogens is 392 g/mol. The Balaban J connectivity index is 1.56. The molecule has 29 heavy (non-hydrogen) atoms. The van der Waals surface area contributed by atoms with E-state index in [0.29, 0.717) is 36.9 Å². The number of amides is 3. The third kappa shape index (κ3) is 5.91. The van der Waals surface area contributed by atoms with Gasteiger partial charge in [-0.1, -0.05) is 0 Å². The maximum Gasteiger partial charge on any atom is 0.407 e. The van der Waals surface area contributed by atoms with Gasteiger partial charge in [-0.25, -0.2) is 9.78 Å². The second kappa shape index (κ2) is 9.11. The van der Waals surface area contributed by atoms with Crippen LogP contribution in [0.5, 0.6) is 0 Å². The Kier molecular flexibility index (Phi) is 6.77. The van der Waals surface area contributed by atoms with Crippen molar-refractivity contribution in [2.45, 2.75) is 70.9 Å². The lowest BCUT2D eigenvalue weighted by atomic mass is 10.0. The Morgan fingerprint density at radius 3 is 2.76 bits per heavy atom. The van der Waals surface area contributed by atoms with Crippen LogP contribution in [-0.2, 0) is 20.7 Å². The Morgan fingerprint density at radius 1 is 1.28 bits per heavy atom. The fraction of sp³-hybridized carbons (Fsp3) is 0.700. The molecule has 0 aliphatic carbocycles. The fourth-order valence-corrected chi connectivity index (χ4v) is 4.53. The molecule has 0 bridgehead atoms. The zero-order valence-corrected chi connectivity index (χ0v) is 18.2. The minimum atomic E-state index is -0.550. The number of ether oxygens (including phenoxy) is 1. The van der Waals surface area contributed by atoms with Crippen LogP contribution in [-0.4, -0.2) is 59.1 Å². The zero-order chi connectivity index (χ0) is 21.0. The molecule has 3 rings (SSSR count). The van der Waals surface area contributed by atoms with E-state index in [2.05, 4.69) is 10.3 Å². The van der Waals surface area contributed by atoms with Gasteiger partial charge in [-0.15, -0.1) is 11.3 Å². The van der Waals surface area contributed by atoms with Crippen molar-refractivity contribution in [3.8, 4) is 0 Å². The second-order valence-corrected chi connectivity index (χ2v) is 9.40. The highest BCUT2D eigenvalue weighted by molar-refractivity contribution is 7.14. The lowest BCUT2D eigenvalue weighted by molar-refractivity contribution is -0.134. The standard InChI is InChI=1S/C20H30N4O4S/c1-20(2,3)28-19(27)21-12-15-7-4-5-9-23(15)17(26)11-14-13-29-18(22-14)24-10-6-8-16(24)25/h13,15H,4-12H2,1-3H3,(H,21,27). The number of anilines is 1. The van der Waals surface area contributed by atoms with E-state index >= 15 is 0 Å². The number of nitrogens with zero attached hydrogens (tertiary/aromatic N) is 3. The van der Waals surface area contributed by atoms with Crippen LogP contribution in [0.1, 0.15) is 58.6 Å². The van der Waals surface area contributed by atoms with E-state index in [4.69, 9.17) is 4.74 Å². The number of aromatic nitrogens is 1. The third-order valence-electron chi connectivity index (χ3n) is 5.00. The van der Waals surface area contributed by atoms with Crippen LogP contribution in [0, 0.1) is 0 Å². The molecule has 0 aromatic carbocycles. The Hall–Kier alpha value is -2.16. The van der Waals surface area contributed by atoms with Crippen molar-refractivity contribution in [2.24, 2.45) is 0 Å². The molecule has 2 aliphatic heterocycles. The summed E-state index contributed by atoms with van der Waals surface area (Å²) in [4.78, 5) is 44.8. The topological polar surface area (TPSA) is 91.8 Å². The summed E-state index contributed by atoms with van der Waals surface area (Å²) in [5.41, 5.74) is 0.143. The molecule has 1 aromatic heterocycles. The zero-order valence-electron chi connectivity index (χ0n) is 17.4. The first-order valence-electron chi connectivity index (χ1n) is 10.2. The van der Waals surface area contributed by atoms with Crippen LogP contribution in [0.3, 0.4) is 0 Å². The summed E-state index contributed by atoms with van der Waals surface area (Å²) in [5, 5.41) is 5.33. The highest BCUT2D eigenvalue weighted by Gasteiger charge is 2.29. The summed E-state index contributed by atoms with van der Waals surface area (Å²) in [6, 6.07) is -0.0398. The number of carbonyl (C=O) groups excluding carboxylic acids is 3. The van der Waals surface area contributed by atoms with Crippen molar-refractivity contribution < 1.29 is 19.1 Å². The first-order valence-corrected chi connectivity index (χ1v) is 11.1. The van der Waals surface area contributed by atoms with Gasteiger partial charge in [0.15, 0.2) is 5.13 Å². The number of likely N-dealkylation sites (tertiary alicyclic amines) is 1. The van der Waals surface area contributed by atoms with Gasteiger partial charge in [0.1, 0.15) is 5.60 Å². The van der Waals surface area contributed by atoms with Crippen molar-refractivity contribution in [2.75, 3.05) is 24.5 Å². The van der Waals surface area contributed by atoms with Gasteiger partial charge in [0, 0.05) is 37.5 Å². The minimum absolute atomic E-state index is 0.00490. The van der Waals surface area contributed by atoms with Gasteiger partial charge in [-0.05, 0) is 46.5 Å². The van der Waals surface area contributed by atoms with Crippen LogP contribution >= 0.6 is 11.3 Å². The van der Waals surface area contributed by atoms with E-state index < -0.39 is 11.7 Å². The molecular formula is C20H30N4O4S. The van der Waals surface area contributed by atoms with Crippen LogP contribution in [0.25, 0.3) is 0 Å². The van der Waals surface area contributed by atoms with Crippen LogP contribution in [0.2, 0.25) is 0 Å². The lowest BCUT2D eigenvalue weighted by Crippen LogP contribution is -2.50. The first-order chi connectivity index (χ1) is 13.7. The van der Waals surface area contributed by atoms with E-state index in [1.165, 1.54) is 11.3 Å². The average molecular weight is 423 g/mol. The van der Waals surface area contributed by atoms with E-state index in [9.17, 15) is 14.4 Å². The largest absolute Gasteiger partial charge is 0.444 e. The van der Waals surface area contributed by atoms with Crippen molar-refractivity contribution in [3.63, 3.8) is 0 Å². The van der Waals surface area contributed by atoms with Gasteiger partial charge in [-0.3, -0.25) is 14.5 Å². The molecule has 8 nitrogen and oxygen atoms in total. The third-order valence-corrected chi connectivity index (χ3v) is 5.92. The van der Waals surface area contributed by atoms with Gasteiger partial charge in [0.25, 0.3) is 0 Å². The lowest BCUT2D eigenvalue weighted by Gasteiger charge is -2.36. The Morgan fingerprint density at radius 2 is 2.07 bits per heavy atom. The normalized spacial score (nSPS) is 20.1. The predicted octanol–water partition coefficient (Wildman–Crippen LogP) is 2.72. The number of nitrogens with one attached hydrogen (secondary N) is 1. The van der Waals surface area contributed by atoms with Crippen molar-refractivity contribution in [1.82, 2.24) is 15.2 Å². The van der Waals surface area contributed by atoms with Gasteiger partial charge in [-0.2, -0.15) is 0 Å². The molecule has 9 heteroatoms. The highest BCUT2D eigenvalue weighted by Crippen LogP contribution is 2.26. The molecule has 0 radical (unpaired) electrons. The summed E-state index contributed by atoms with van der Waals surface area (Å²) in [6.45, 7) is 7.22. The molecule has 3 heterocycles. The number of carbonyl (C=O) groups is 3. The van der Waals surface area contributed by atoms with Gasteiger partial charge >= 0.3 is 6.09 Å². The number of piperidine rings is 1. The van der Waals surface area contributed by atoms with Crippen LogP contribution < -0.4 is 10.2 Å². The van der Waals surface area contributed by atoms with Crippen molar-refractivity contribution >= 4 is 34.4 Å². The monoisotopic (exact) mass is 422 g/mol. The maximum atomic E-state index is 12.9. The van der Waals surface area contributed by atoms with Crippen molar-refractivity contribution in [1.29, 1.82) is 0 Å². The Labute approximate surface area is 175 Å². The molecule has 3 amide bonds. The van der Waals surface area contributed by atoms with Gasteiger partial charge in [0.2, 0.25) is 11.8 Å². The number of alkyl carbamates (subject to hydrolysis) is 1. The van der Waals surface area contributed by atoms with Crippen LogP contribution in [0.4, 0.5) is 9.93 Å². The molecule has 2 aliphatic rings. The second-order valence-electron chi connectivity index (χ2n) is 8.57. The molecule has 1 N–H and O–H groups in total.